The largest absolute Gasteiger partial charge is 0.345 e. The van der Waals surface area contributed by atoms with Crippen molar-refractivity contribution in [2.45, 2.75) is 13.0 Å². The second-order valence-electron chi connectivity index (χ2n) is 4.16. The van der Waals surface area contributed by atoms with E-state index < -0.39 is 11.5 Å². The normalized spacial score (nSPS) is 11.9. The number of pyridine rings is 1. The SMILES string of the molecule is CC(NC(=O)c1ccc[nH]c1=O)c1cccc(Cl)c1. The van der Waals surface area contributed by atoms with Crippen LogP contribution in [0.15, 0.2) is 47.4 Å². The number of amides is 1. The summed E-state index contributed by atoms with van der Waals surface area (Å²) < 4.78 is 0. The first-order chi connectivity index (χ1) is 9.08. The molecule has 1 aromatic heterocycles. The first-order valence-corrected chi connectivity index (χ1v) is 6.20. The third-order valence-electron chi connectivity index (χ3n) is 2.76. The lowest BCUT2D eigenvalue weighted by Crippen LogP contribution is -2.31. The van der Waals surface area contributed by atoms with Crippen molar-refractivity contribution in [2.24, 2.45) is 0 Å². The van der Waals surface area contributed by atoms with Gasteiger partial charge < -0.3 is 10.3 Å². The molecular weight excluding hydrogens is 264 g/mol. The van der Waals surface area contributed by atoms with E-state index in [1.54, 1.807) is 18.2 Å². The van der Waals surface area contributed by atoms with Gasteiger partial charge in [-0.05, 0) is 36.8 Å². The van der Waals surface area contributed by atoms with Crippen LogP contribution in [-0.2, 0) is 0 Å². The van der Waals surface area contributed by atoms with Gasteiger partial charge in [-0.1, -0.05) is 23.7 Å². The Bertz CT molecular complexity index is 652. The number of carbonyl (C=O) groups is 1. The molecule has 2 aromatic rings. The fourth-order valence-corrected chi connectivity index (χ4v) is 1.93. The minimum absolute atomic E-state index is 0.0939. The van der Waals surface area contributed by atoms with Gasteiger partial charge in [0, 0.05) is 11.2 Å². The molecule has 0 aliphatic heterocycles. The van der Waals surface area contributed by atoms with Crippen molar-refractivity contribution in [1.82, 2.24) is 10.3 Å². The minimum Gasteiger partial charge on any atom is -0.345 e. The molecule has 1 heterocycles. The second kappa shape index (κ2) is 5.71. The van der Waals surface area contributed by atoms with Crippen LogP contribution < -0.4 is 10.9 Å². The van der Waals surface area contributed by atoms with Crippen LogP contribution in [0.1, 0.15) is 28.9 Å². The van der Waals surface area contributed by atoms with E-state index in [0.717, 1.165) is 5.56 Å². The average molecular weight is 277 g/mol. The molecular formula is C14H13ClN2O2. The van der Waals surface area contributed by atoms with Gasteiger partial charge in [-0.15, -0.1) is 0 Å². The number of nitrogens with one attached hydrogen (secondary N) is 2. The molecule has 1 aromatic carbocycles. The summed E-state index contributed by atoms with van der Waals surface area (Å²) in [5, 5.41) is 3.37. The lowest BCUT2D eigenvalue weighted by molar-refractivity contribution is 0.0938. The van der Waals surface area contributed by atoms with Crippen LogP contribution in [0.25, 0.3) is 0 Å². The third kappa shape index (κ3) is 3.23. The van der Waals surface area contributed by atoms with E-state index >= 15 is 0 Å². The van der Waals surface area contributed by atoms with E-state index in [9.17, 15) is 9.59 Å². The molecule has 19 heavy (non-hydrogen) atoms. The molecule has 2 N–H and O–H groups in total. The summed E-state index contributed by atoms with van der Waals surface area (Å²) in [5.74, 6) is -0.408. The Morgan fingerprint density at radius 1 is 1.32 bits per heavy atom. The monoisotopic (exact) mass is 276 g/mol. The molecule has 0 saturated heterocycles. The predicted octanol–water partition coefficient (Wildman–Crippen LogP) is 2.52. The van der Waals surface area contributed by atoms with Crippen LogP contribution >= 0.6 is 11.6 Å². The van der Waals surface area contributed by atoms with Crippen molar-refractivity contribution in [1.29, 1.82) is 0 Å². The third-order valence-corrected chi connectivity index (χ3v) is 2.99. The maximum Gasteiger partial charge on any atom is 0.260 e. The molecule has 0 fully saturated rings. The highest BCUT2D eigenvalue weighted by Gasteiger charge is 2.13. The number of aromatic amines is 1. The molecule has 98 valence electrons. The fraction of sp³-hybridized carbons (Fsp3) is 0.143. The number of rotatable bonds is 3. The maximum absolute atomic E-state index is 12.0. The quantitative estimate of drug-likeness (QED) is 0.905. The lowest BCUT2D eigenvalue weighted by Gasteiger charge is -2.14. The molecule has 5 heteroatoms. The molecule has 1 atom stereocenters. The molecule has 0 aliphatic rings. The van der Waals surface area contributed by atoms with Crippen LogP contribution in [0.3, 0.4) is 0 Å². The van der Waals surface area contributed by atoms with Crippen LogP contribution in [-0.4, -0.2) is 10.9 Å². The summed E-state index contributed by atoms with van der Waals surface area (Å²) in [6, 6.07) is 10.1. The summed E-state index contributed by atoms with van der Waals surface area (Å²) >= 11 is 5.90. The Morgan fingerprint density at radius 2 is 2.11 bits per heavy atom. The summed E-state index contributed by atoms with van der Waals surface area (Å²) in [5.41, 5.74) is 0.572. The van der Waals surface area contributed by atoms with Crippen LogP contribution in [0, 0.1) is 0 Å². The first-order valence-electron chi connectivity index (χ1n) is 5.82. The van der Waals surface area contributed by atoms with E-state index in [0.29, 0.717) is 5.02 Å². The Labute approximate surface area is 115 Å². The molecule has 0 bridgehead atoms. The molecule has 0 spiro atoms. The van der Waals surface area contributed by atoms with E-state index in [4.69, 9.17) is 11.6 Å². The Kier molecular flexibility index (Phi) is 4.02. The topological polar surface area (TPSA) is 62.0 Å². The van der Waals surface area contributed by atoms with E-state index in [1.165, 1.54) is 12.3 Å². The van der Waals surface area contributed by atoms with E-state index in [1.807, 2.05) is 19.1 Å². The molecule has 0 aliphatic carbocycles. The molecule has 4 nitrogen and oxygen atoms in total. The van der Waals surface area contributed by atoms with Gasteiger partial charge in [-0.25, -0.2) is 0 Å². The van der Waals surface area contributed by atoms with Crippen LogP contribution in [0.2, 0.25) is 5.02 Å². The maximum atomic E-state index is 12.0. The van der Waals surface area contributed by atoms with E-state index in [2.05, 4.69) is 10.3 Å². The number of H-pyrrole nitrogens is 1. The van der Waals surface area contributed by atoms with E-state index in [-0.39, 0.29) is 11.6 Å². The van der Waals surface area contributed by atoms with Crippen molar-refractivity contribution in [3.63, 3.8) is 0 Å². The van der Waals surface area contributed by atoms with Gasteiger partial charge in [-0.2, -0.15) is 0 Å². The lowest BCUT2D eigenvalue weighted by atomic mass is 10.1. The smallest absolute Gasteiger partial charge is 0.260 e. The second-order valence-corrected chi connectivity index (χ2v) is 4.60. The van der Waals surface area contributed by atoms with Gasteiger partial charge in [0.25, 0.3) is 11.5 Å². The predicted molar refractivity (Wildman–Crippen MR) is 74.4 cm³/mol. The molecule has 1 unspecified atom stereocenters. The summed E-state index contributed by atoms with van der Waals surface area (Å²) in [4.78, 5) is 25.9. The standard InChI is InChI=1S/C14H13ClN2O2/c1-9(10-4-2-5-11(15)8-10)17-14(19)12-6-3-7-16-13(12)18/h2-9H,1H3,(H,16,18)(H,17,19). The van der Waals surface area contributed by atoms with Crippen molar-refractivity contribution < 1.29 is 4.79 Å². The zero-order chi connectivity index (χ0) is 13.8. The summed E-state index contributed by atoms with van der Waals surface area (Å²) in [7, 11) is 0. The van der Waals surface area contributed by atoms with Crippen molar-refractivity contribution in [3.05, 3.63) is 69.1 Å². The molecule has 0 radical (unpaired) electrons. The van der Waals surface area contributed by atoms with Crippen molar-refractivity contribution in [2.75, 3.05) is 0 Å². The number of hydrogen-bond acceptors (Lipinski definition) is 2. The Morgan fingerprint density at radius 3 is 2.79 bits per heavy atom. The van der Waals surface area contributed by atoms with Gasteiger partial charge in [0.15, 0.2) is 0 Å². The highest BCUT2D eigenvalue weighted by molar-refractivity contribution is 6.30. The number of benzene rings is 1. The number of aromatic nitrogens is 1. The summed E-state index contributed by atoms with van der Waals surface area (Å²) in [6.45, 7) is 1.83. The molecule has 1 amide bonds. The Hall–Kier alpha value is -2.07. The number of hydrogen-bond donors (Lipinski definition) is 2. The first kappa shape index (κ1) is 13.4. The van der Waals surface area contributed by atoms with Gasteiger partial charge in [-0.3, -0.25) is 9.59 Å². The fourth-order valence-electron chi connectivity index (χ4n) is 1.73. The minimum atomic E-state index is -0.408. The number of halogens is 1. The molecule has 0 saturated carbocycles. The average Bonchev–Trinajstić information content (AvgIpc) is 2.39. The van der Waals surface area contributed by atoms with Crippen LogP contribution in [0.4, 0.5) is 0 Å². The van der Waals surface area contributed by atoms with Crippen molar-refractivity contribution in [3.8, 4) is 0 Å². The van der Waals surface area contributed by atoms with Gasteiger partial charge in [0.05, 0.1) is 6.04 Å². The summed E-state index contributed by atoms with van der Waals surface area (Å²) in [6.07, 6.45) is 1.49. The zero-order valence-corrected chi connectivity index (χ0v) is 11.1. The van der Waals surface area contributed by atoms with Gasteiger partial charge in [0.2, 0.25) is 0 Å². The Balaban J connectivity index is 2.16. The zero-order valence-electron chi connectivity index (χ0n) is 10.3. The van der Waals surface area contributed by atoms with Gasteiger partial charge in [0.1, 0.15) is 5.56 Å². The van der Waals surface area contributed by atoms with Gasteiger partial charge >= 0.3 is 0 Å². The molecule has 2 rings (SSSR count). The van der Waals surface area contributed by atoms with Crippen molar-refractivity contribution >= 4 is 17.5 Å². The number of carbonyl (C=O) groups excluding carboxylic acids is 1. The highest BCUT2D eigenvalue weighted by atomic mass is 35.5. The van der Waals surface area contributed by atoms with Crippen LogP contribution in [0.5, 0.6) is 0 Å². The highest BCUT2D eigenvalue weighted by Crippen LogP contribution is 2.17.